The molecule has 184 valence electrons. The van der Waals surface area contributed by atoms with E-state index in [1.54, 1.807) is 13.8 Å². The maximum Gasteiger partial charge on any atom is 0.326 e. The van der Waals surface area contributed by atoms with Gasteiger partial charge < -0.3 is 37.6 Å². The first-order valence-electron chi connectivity index (χ1n) is 10.4. The maximum atomic E-state index is 12.8. The second kappa shape index (κ2) is 15.4. The van der Waals surface area contributed by atoms with Gasteiger partial charge in [0.05, 0.1) is 12.5 Å². The van der Waals surface area contributed by atoms with Gasteiger partial charge in [-0.3, -0.25) is 19.2 Å². The first-order valence-corrected chi connectivity index (χ1v) is 11.0. The molecule has 12 nitrogen and oxygen atoms in total. The number of hydrogen-bond acceptors (Lipinski definition) is 8. The number of thiol groups is 1. The molecule has 0 aromatic rings. The number of carbonyl (C=O) groups excluding carboxylic acids is 3. The summed E-state index contributed by atoms with van der Waals surface area (Å²) >= 11 is 4.02. The van der Waals surface area contributed by atoms with Crippen molar-refractivity contribution in [2.24, 2.45) is 17.4 Å². The zero-order chi connectivity index (χ0) is 24.8. The Hall–Kier alpha value is -2.38. The summed E-state index contributed by atoms with van der Waals surface area (Å²) in [6, 6.07) is -4.73. The fourth-order valence-corrected chi connectivity index (χ4v) is 2.98. The highest BCUT2D eigenvalue weighted by molar-refractivity contribution is 7.80. The Morgan fingerprint density at radius 1 is 0.938 bits per heavy atom. The van der Waals surface area contributed by atoms with Crippen molar-refractivity contribution in [1.29, 1.82) is 0 Å². The highest BCUT2D eigenvalue weighted by atomic mass is 32.1. The van der Waals surface area contributed by atoms with Crippen LogP contribution in [0.5, 0.6) is 0 Å². The third-order valence-electron chi connectivity index (χ3n) is 4.90. The number of amides is 3. The first-order chi connectivity index (χ1) is 15.0. The van der Waals surface area contributed by atoms with E-state index >= 15 is 0 Å². The summed E-state index contributed by atoms with van der Waals surface area (Å²) in [4.78, 5) is 59.7. The van der Waals surface area contributed by atoms with Crippen LogP contribution in [0, 0.1) is 5.92 Å². The van der Waals surface area contributed by atoms with Crippen molar-refractivity contribution in [1.82, 2.24) is 16.0 Å². The molecule has 0 aliphatic heterocycles. The maximum absolute atomic E-state index is 12.8. The molecular formula is C19H35N5O7S. The van der Waals surface area contributed by atoms with E-state index in [0.29, 0.717) is 25.8 Å². The van der Waals surface area contributed by atoms with Crippen molar-refractivity contribution in [2.45, 2.75) is 70.1 Å². The molecule has 9 N–H and O–H groups in total. The minimum atomic E-state index is -1.36. The number of nitrogens with one attached hydrogen (secondary N) is 3. The van der Waals surface area contributed by atoms with Crippen LogP contribution in [0.3, 0.4) is 0 Å². The summed E-state index contributed by atoms with van der Waals surface area (Å²) in [5.74, 6) is -5.20. The van der Waals surface area contributed by atoms with Gasteiger partial charge in [-0.25, -0.2) is 4.79 Å². The van der Waals surface area contributed by atoms with Gasteiger partial charge in [-0.15, -0.1) is 0 Å². The van der Waals surface area contributed by atoms with Crippen LogP contribution in [0.2, 0.25) is 0 Å². The Labute approximate surface area is 192 Å². The van der Waals surface area contributed by atoms with Gasteiger partial charge in [0.15, 0.2) is 0 Å². The highest BCUT2D eigenvalue weighted by Gasteiger charge is 2.31. The van der Waals surface area contributed by atoms with Crippen LogP contribution < -0.4 is 27.4 Å². The Kier molecular flexibility index (Phi) is 14.3. The molecular weight excluding hydrogens is 442 g/mol. The highest BCUT2D eigenvalue weighted by Crippen LogP contribution is 2.10. The van der Waals surface area contributed by atoms with Crippen LogP contribution in [-0.4, -0.2) is 76.3 Å². The molecule has 0 bridgehead atoms. The van der Waals surface area contributed by atoms with Gasteiger partial charge in [-0.2, -0.15) is 12.6 Å². The molecule has 0 aromatic heterocycles. The molecule has 0 radical (unpaired) electrons. The number of rotatable bonds is 16. The van der Waals surface area contributed by atoms with Gasteiger partial charge >= 0.3 is 11.9 Å². The second-order valence-electron chi connectivity index (χ2n) is 7.50. The molecule has 0 spiro atoms. The van der Waals surface area contributed by atoms with Crippen LogP contribution in [-0.2, 0) is 24.0 Å². The molecule has 0 saturated heterocycles. The lowest BCUT2D eigenvalue weighted by molar-refractivity contribution is -0.143. The molecule has 0 aromatic carbocycles. The molecule has 0 rings (SSSR count). The van der Waals surface area contributed by atoms with Crippen molar-refractivity contribution in [3.05, 3.63) is 0 Å². The lowest BCUT2D eigenvalue weighted by Gasteiger charge is -2.26. The predicted molar refractivity (Wildman–Crippen MR) is 120 cm³/mol. The van der Waals surface area contributed by atoms with Crippen molar-refractivity contribution in [3.63, 3.8) is 0 Å². The smallest absolute Gasteiger partial charge is 0.326 e. The van der Waals surface area contributed by atoms with Crippen LogP contribution in [0.25, 0.3) is 0 Å². The number of hydrogen-bond donors (Lipinski definition) is 8. The van der Waals surface area contributed by atoms with Gasteiger partial charge in [-0.1, -0.05) is 20.3 Å². The molecule has 0 saturated carbocycles. The van der Waals surface area contributed by atoms with Crippen molar-refractivity contribution in [3.8, 4) is 0 Å². The zero-order valence-corrected chi connectivity index (χ0v) is 19.3. The summed E-state index contributed by atoms with van der Waals surface area (Å²) in [7, 11) is 0. The molecule has 0 heterocycles. The summed E-state index contributed by atoms with van der Waals surface area (Å²) < 4.78 is 0. The second-order valence-corrected chi connectivity index (χ2v) is 7.87. The van der Waals surface area contributed by atoms with E-state index in [2.05, 4.69) is 28.6 Å². The monoisotopic (exact) mass is 477 g/mol. The number of carbonyl (C=O) groups is 5. The van der Waals surface area contributed by atoms with E-state index in [1.165, 1.54) is 0 Å². The van der Waals surface area contributed by atoms with Gasteiger partial charge in [0.25, 0.3) is 0 Å². The minimum Gasteiger partial charge on any atom is -0.481 e. The number of aliphatic carboxylic acids is 2. The topological polar surface area (TPSA) is 214 Å². The van der Waals surface area contributed by atoms with E-state index in [0.717, 1.165) is 0 Å². The van der Waals surface area contributed by atoms with E-state index in [9.17, 15) is 29.1 Å². The van der Waals surface area contributed by atoms with Crippen LogP contribution in [0.15, 0.2) is 0 Å². The molecule has 0 aliphatic rings. The van der Waals surface area contributed by atoms with Crippen LogP contribution >= 0.6 is 12.6 Å². The lowest BCUT2D eigenvalue weighted by atomic mass is 9.98. The lowest BCUT2D eigenvalue weighted by Crippen LogP contribution is -2.58. The first kappa shape index (κ1) is 29.6. The Balaban J connectivity index is 5.33. The summed E-state index contributed by atoms with van der Waals surface area (Å²) in [5.41, 5.74) is 11.0. The Morgan fingerprint density at radius 2 is 1.50 bits per heavy atom. The average Bonchev–Trinajstić information content (AvgIpc) is 2.73. The normalized spacial score (nSPS) is 15.5. The number of carboxylic acids is 2. The summed E-state index contributed by atoms with van der Waals surface area (Å²) in [5, 5.41) is 25.4. The zero-order valence-electron chi connectivity index (χ0n) is 18.4. The van der Waals surface area contributed by atoms with Crippen molar-refractivity contribution < 1.29 is 34.2 Å². The summed E-state index contributed by atoms with van der Waals surface area (Å²) in [6.45, 7) is 3.86. The van der Waals surface area contributed by atoms with Crippen LogP contribution in [0.1, 0.15) is 46.0 Å². The van der Waals surface area contributed by atoms with Crippen molar-refractivity contribution in [2.75, 3.05) is 12.3 Å². The Morgan fingerprint density at radius 3 is 1.97 bits per heavy atom. The summed E-state index contributed by atoms with van der Waals surface area (Å²) in [6.07, 6.45) is 1.18. The van der Waals surface area contributed by atoms with E-state index < -0.39 is 60.2 Å². The third kappa shape index (κ3) is 10.8. The van der Waals surface area contributed by atoms with E-state index in [1.807, 2.05) is 0 Å². The number of carboxylic acid groups (broad SMARTS) is 2. The average molecular weight is 478 g/mol. The van der Waals surface area contributed by atoms with Gasteiger partial charge in [0.2, 0.25) is 17.7 Å². The Bertz CT molecular complexity index is 664. The molecule has 0 fully saturated rings. The fraction of sp³-hybridized carbons (Fsp3) is 0.737. The van der Waals surface area contributed by atoms with Gasteiger partial charge in [0, 0.05) is 5.75 Å². The van der Waals surface area contributed by atoms with Crippen molar-refractivity contribution >= 4 is 42.3 Å². The number of unbranched alkanes of at least 4 members (excludes halogenated alkanes) is 1. The van der Waals surface area contributed by atoms with E-state index in [-0.39, 0.29) is 18.1 Å². The largest absolute Gasteiger partial charge is 0.481 e. The molecule has 5 unspecified atom stereocenters. The fourth-order valence-electron chi connectivity index (χ4n) is 2.72. The predicted octanol–water partition coefficient (Wildman–Crippen LogP) is -1.57. The minimum absolute atomic E-state index is 0.140. The number of nitrogens with two attached hydrogens (primary N) is 2. The standard InChI is InChI=1S/C19H35N5O7S/c1-3-10(2)15(19(30)31)24-17(28)12(6-4-5-7-20)22-18(29)13(9-32)23-16(27)11(21)8-14(25)26/h10-13,15,32H,3-9,20-21H2,1-2H3,(H,22,29)(H,23,27)(H,24,28)(H,25,26)(H,30,31). The third-order valence-corrected chi connectivity index (χ3v) is 5.27. The van der Waals surface area contributed by atoms with E-state index in [4.69, 9.17) is 16.6 Å². The molecule has 3 amide bonds. The quantitative estimate of drug-likeness (QED) is 0.0950. The molecule has 32 heavy (non-hydrogen) atoms. The molecule has 5 atom stereocenters. The molecule has 13 heteroatoms. The van der Waals surface area contributed by atoms with Gasteiger partial charge in [0.1, 0.15) is 18.1 Å². The molecule has 0 aliphatic carbocycles. The SMILES string of the molecule is CCC(C)C(NC(=O)C(CCCCN)NC(=O)C(CS)NC(=O)C(N)CC(=O)O)C(=O)O. The van der Waals surface area contributed by atoms with Crippen LogP contribution in [0.4, 0.5) is 0 Å². The van der Waals surface area contributed by atoms with Gasteiger partial charge in [-0.05, 0) is 31.7 Å².